The van der Waals surface area contributed by atoms with Gasteiger partial charge in [-0.25, -0.2) is 8.78 Å². The minimum absolute atomic E-state index is 0.0892. The molecular weight excluding hydrogens is 268 g/mol. The molecule has 0 saturated heterocycles. The molecule has 2 nitrogen and oxygen atoms in total. The van der Waals surface area contributed by atoms with Crippen LogP contribution in [0.15, 0.2) is 17.0 Å². The van der Waals surface area contributed by atoms with Gasteiger partial charge in [0, 0.05) is 22.2 Å². The first-order valence-corrected chi connectivity index (χ1v) is 7.69. The molecule has 19 heavy (non-hydrogen) atoms. The molecule has 0 bridgehead atoms. The summed E-state index contributed by atoms with van der Waals surface area (Å²) in [4.78, 5) is 0.419. The lowest BCUT2D eigenvalue weighted by Gasteiger charge is -2.37. The summed E-state index contributed by atoms with van der Waals surface area (Å²) < 4.78 is 39.1. The van der Waals surface area contributed by atoms with Crippen LogP contribution in [-0.2, 0) is 10.8 Å². The summed E-state index contributed by atoms with van der Waals surface area (Å²) in [5, 5.41) is 3.27. The normalized spacial score (nSPS) is 30.5. The van der Waals surface area contributed by atoms with Crippen molar-refractivity contribution in [3.8, 4) is 0 Å². The van der Waals surface area contributed by atoms with E-state index in [0.717, 1.165) is 6.07 Å². The van der Waals surface area contributed by atoms with Gasteiger partial charge in [-0.2, -0.15) is 0 Å². The van der Waals surface area contributed by atoms with E-state index in [1.807, 2.05) is 27.7 Å². The maximum atomic E-state index is 13.5. The lowest BCUT2D eigenvalue weighted by atomic mass is 9.90. The fourth-order valence-corrected chi connectivity index (χ4v) is 4.10. The standard InChI is InChI=1S/C14H19F2NOS/c1-7(2)17-14-8(3)9(4)19(18)13-6-12(16)11(15)5-10(13)14/h5-9,14,17H,1-4H3. The monoisotopic (exact) mass is 287 g/mol. The highest BCUT2D eigenvalue weighted by atomic mass is 32.2. The highest BCUT2D eigenvalue weighted by Crippen LogP contribution is 2.39. The number of rotatable bonds is 2. The zero-order chi connectivity index (χ0) is 14.3. The molecule has 2 rings (SSSR count). The van der Waals surface area contributed by atoms with Crippen molar-refractivity contribution >= 4 is 10.8 Å². The SMILES string of the molecule is CC(C)NC1c2cc(F)c(F)cc2S(=O)C(C)C1C. The molecule has 1 heterocycles. The van der Waals surface area contributed by atoms with Gasteiger partial charge in [0.15, 0.2) is 11.6 Å². The molecule has 0 radical (unpaired) electrons. The first kappa shape index (κ1) is 14.6. The molecule has 0 amide bonds. The molecule has 106 valence electrons. The second-order valence-corrected chi connectivity index (χ2v) is 7.24. The Kier molecular flexibility index (Phi) is 4.06. The van der Waals surface area contributed by atoms with Gasteiger partial charge < -0.3 is 5.32 Å². The topological polar surface area (TPSA) is 29.1 Å². The highest BCUT2D eigenvalue weighted by molar-refractivity contribution is 7.85. The van der Waals surface area contributed by atoms with Crippen molar-refractivity contribution in [2.45, 2.75) is 49.9 Å². The minimum atomic E-state index is -1.29. The van der Waals surface area contributed by atoms with E-state index in [1.165, 1.54) is 6.07 Å². The number of halogens is 2. The van der Waals surface area contributed by atoms with Gasteiger partial charge in [-0.15, -0.1) is 0 Å². The summed E-state index contributed by atoms with van der Waals surface area (Å²) in [6.07, 6.45) is 0. The summed E-state index contributed by atoms with van der Waals surface area (Å²) in [5.41, 5.74) is 0.622. The molecule has 1 aliphatic heterocycles. The van der Waals surface area contributed by atoms with Crippen LogP contribution in [0.3, 0.4) is 0 Å². The third-order valence-electron chi connectivity index (χ3n) is 3.72. The number of fused-ring (bicyclic) bond motifs is 1. The van der Waals surface area contributed by atoms with Gasteiger partial charge in [0.2, 0.25) is 0 Å². The van der Waals surface area contributed by atoms with Gasteiger partial charge in [-0.1, -0.05) is 27.7 Å². The average molecular weight is 287 g/mol. The first-order chi connectivity index (χ1) is 8.82. The first-order valence-electron chi connectivity index (χ1n) is 6.48. The Morgan fingerprint density at radius 3 is 2.37 bits per heavy atom. The average Bonchev–Trinajstić information content (AvgIpc) is 2.34. The van der Waals surface area contributed by atoms with E-state index in [9.17, 15) is 13.0 Å². The van der Waals surface area contributed by atoms with Crippen molar-refractivity contribution in [3.05, 3.63) is 29.3 Å². The summed E-state index contributed by atoms with van der Waals surface area (Å²) in [6.45, 7) is 7.89. The fraction of sp³-hybridized carbons (Fsp3) is 0.571. The fourth-order valence-electron chi connectivity index (χ4n) is 2.51. The Bertz CT molecular complexity index is 518. The Hall–Kier alpha value is -0.810. The third-order valence-corrected chi connectivity index (χ3v) is 5.61. The van der Waals surface area contributed by atoms with Gasteiger partial charge in [-0.3, -0.25) is 4.21 Å². The molecule has 0 aromatic heterocycles. The van der Waals surface area contributed by atoms with Gasteiger partial charge in [0.05, 0.1) is 10.8 Å². The van der Waals surface area contributed by atoms with Crippen molar-refractivity contribution in [2.75, 3.05) is 0 Å². The van der Waals surface area contributed by atoms with Gasteiger partial charge in [-0.05, 0) is 23.6 Å². The molecule has 5 heteroatoms. The quantitative estimate of drug-likeness (QED) is 0.905. The number of hydrogen-bond donors (Lipinski definition) is 1. The Morgan fingerprint density at radius 2 is 1.79 bits per heavy atom. The van der Waals surface area contributed by atoms with Crippen LogP contribution in [0.1, 0.15) is 39.3 Å². The number of hydrogen-bond acceptors (Lipinski definition) is 2. The summed E-state index contributed by atoms with van der Waals surface area (Å²) in [7, 11) is -1.29. The van der Waals surface area contributed by atoms with Crippen LogP contribution in [0.25, 0.3) is 0 Å². The van der Waals surface area contributed by atoms with Crippen molar-refractivity contribution < 1.29 is 13.0 Å². The molecule has 0 saturated carbocycles. The third kappa shape index (κ3) is 2.58. The maximum absolute atomic E-state index is 13.5. The molecule has 1 aromatic rings. The molecule has 4 atom stereocenters. The molecule has 1 aromatic carbocycles. The van der Waals surface area contributed by atoms with Gasteiger partial charge in [0.1, 0.15) is 0 Å². The molecule has 0 fully saturated rings. The predicted octanol–water partition coefficient (Wildman–Crippen LogP) is 3.15. The van der Waals surface area contributed by atoms with Crippen molar-refractivity contribution in [3.63, 3.8) is 0 Å². The Balaban J connectivity index is 2.56. The van der Waals surface area contributed by atoms with Gasteiger partial charge >= 0.3 is 0 Å². The van der Waals surface area contributed by atoms with E-state index >= 15 is 0 Å². The van der Waals surface area contributed by atoms with E-state index in [-0.39, 0.29) is 23.3 Å². The smallest absolute Gasteiger partial charge is 0.160 e. The second-order valence-electron chi connectivity index (χ2n) is 5.46. The Labute approximate surface area is 115 Å². The Morgan fingerprint density at radius 1 is 1.21 bits per heavy atom. The highest BCUT2D eigenvalue weighted by Gasteiger charge is 2.37. The molecule has 1 aliphatic rings. The van der Waals surface area contributed by atoms with E-state index < -0.39 is 22.4 Å². The predicted molar refractivity (Wildman–Crippen MR) is 72.4 cm³/mol. The molecule has 1 N–H and O–H groups in total. The van der Waals surface area contributed by atoms with Crippen molar-refractivity contribution in [2.24, 2.45) is 5.92 Å². The van der Waals surface area contributed by atoms with E-state index in [1.54, 1.807) is 0 Å². The van der Waals surface area contributed by atoms with Crippen LogP contribution in [0.5, 0.6) is 0 Å². The van der Waals surface area contributed by atoms with Crippen LogP contribution in [0.2, 0.25) is 0 Å². The van der Waals surface area contributed by atoms with E-state index in [4.69, 9.17) is 0 Å². The largest absolute Gasteiger partial charge is 0.307 e. The number of benzene rings is 1. The van der Waals surface area contributed by atoms with Crippen molar-refractivity contribution in [1.82, 2.24) is 5.32 Å². The molecule has 0 aliphatic carbocycles. The van der Waals surface area contributed by atoms with Crippen LogP contribution < -0.4 is 5.32 Å². The second kappa shape index (κ2) is 5.29. The summed E-state index contributed by atoms with van der Waals surface area (Å²) in [5.74, 6) is -1.72. The van der Waals surface area contributed by atoms with Gasteiger partial charge in [0.25, 0.3) is 0 Å². The summed E-state index contributed by atoms with van der Waals surface area (Å²) >= 11 is 0. The van der Waals surface area contributed by atoms with Crippen LogP contribution >= 0.6 is 0 Å². The summed E-state index contributed by atoms with van der Waals surface area (Å²) in [6, 6.07) is 2.38. The van der Waals surface area contributed by atoms with Crippen LogP contribution in [0.4, 0.5) is 8.78 Å². The zero-order valence-electron chi connectivity index (χ0n) is 11.5. The molecular formula is C14H19F2NOS. The molecule has 0 spiro atoms. The number of nitrogens with one attached hydrogen (secondary N) is 1. The van der Waals surface area contributed by atoms with E-state index in [0.29, 0.717) is 10.5 Å². The molecule has 4 unspecified atom stereocenters. The minimum Gasteiger partial charge on any atom is -0.307 e. The van der Waals surface area contributed by atoms with Crippen molar-refractivity contribution in [1.29, 1.82) is 0 Å². The lowest BCUT2D eigenvalue weighted by Crippen LogP contribution is -2.41. The van der Waals surface area contributed by atoms with Crippen LogP contribution in [-0.4, -0.2) is 15.5 Å². The zero-order valence-corrected chi connectivity index (χ0v) is 12.4. The lowest BCUT2D eigenvalue weighted by molar-refractivity contribution is 0.340. The maximum Gasteiger partial charge on any atom is 0.160 e. The van der Waals surface area contributed by atoms with Crippen LogP contribution in [0, 0.1) is 17.6 Å². The van der Waals surface area contributed by atoms with E-state index in [2.05, 4.69) is 5.32 Å².